The van der Waals surface area contributed by atoms with Gasteiger partial charge in [-0.15, -0.1) is 0 Å². The molecule has 0 bridgehead atoms. The van der Waals surface area contributed by atoms with Crippen LogP contribution in [0.2, 0.25) is 0 Å². The van der Waals surface area contributed by atoms with Crippen molar-refractivity contribution in [2.75, 3.05) is 25.7 Å². The van der Waals surface area contributed by atoms with Gasteiger partial charge in [0.1, 0.15) is 11.5 Å². The number of amides is 2. The summed E-state index contributed by atoms with van der Waals surface area (Å²) in [6.07, 6.45) is 0.215. The van der Waals surface area contributed by atoms with Gasteiger partial charge in [0.05, 0.1) is 26.2 Å². The lowest BCUT2D eigenvalue weighted by atomic mass is 10.0. The van der Waals surface area contributed by atoms with E-state index in [1.165, 1.54) is 0 Å². The Kier molecular flexibility index (Phi) is 5.64. The lowest BCUT2D eigenvalue weighted by Crippen LogP contribution is -2.34. The Labute approximate surface area is 159 Å². The second-order valence-electron chi connectivity index (χ2n) is 6.61. The molecule has 2 aromatic rings. The van der Waals surface area contributed by atoms with E-state index in [-0.39, 0.29) is 30.2 Å². The number of nitrogens with one attached hydrogen (secondary N) is 1. The molecule has 0 unspecified atom stereocenters. The van der Waals surface area contributed by atoms with Gasteiger partial charge >= 0.3 is 0 Å². The van der Waals surface area contributed by atoms with Crippen LogP contribution in [0.4, 0.5) is 5.69 Å². The monoisotopic (exact) mass is 368 g/mol. The lowest BCUT2D eigenvalue weighted by molar-refractivity contribution is -0.126. The molecule has 2 atom stereocenters. The van der Waals surface area contributed by atoms with E-state index in [9.17, 15) is 9.59 Å². The number of methoxy groups -OCH3 is 2. The summed E-state index contributed by atoms with van der Waals surface area (Å²) in [5.74, 6) is 0.988. The third-order valence-electron chi connectivity index (χ3n) is 4.85. The third-order valence-corrected chi connectivity index (χ3v) is 4.85. The number of carbonyl (C=O) groups excluding carboxylic acids is 2. The molecular weight excluding hydrogens is 344 g/mol. The number of rotatable bonds is 6. The number of hydrogen-bond acceptors (Lipinski definition) is 4. The predicted octanol–water partition coefficient (Wildman–Crippen LogP) is 2.93. The minimum absolute atomic E-state index is 0.0441. The maximum atomic E-state index is 12.6. The first-order chi connectivity index (χ1) is 13.0. The van der Waals surface area contributed by atoms with Crippen LogP contribution in [0.1, 0.15) is 24.9 Å². The van der Waals surface area contributed by atoms with Gasteiger partial charge in [0.15, 0.2) is 0 Å². The largest absolute Gasteiger partial charge is 0.497 e. The fraction of sp³-hybridized carbons (Fsp3) is 0.333. The van der Waals surface area contributed by atoms with Crippen LogP contribution in [0.15, 0.2) is 48.5 Å². The van der Waals surface area contributed by atoms with E-state index in [0.29, 0.717) is 6.54 Å². The molecule has 2 aromatic carbocycles. The van der Waals surface area contributed by atoms with Crippen molar-refractivity contribution in [3.8, 4) is 11.5 Å². The molecule has 0 radical (unpaired) electrons. The van der Waals surface area contributed by atoms with Crippen molar-refractivity contribution in [1.29, 1.82) is 0 Å². The van der Waals surface area contributed by atoms with E-state index in [1.54, 1.807) is 19.1 Å². The molecule has 2 amide bonds. The Bertz CT molecular complexity index is 802. The molecule has 6 heteroatoms. The van der Waals surface area contributed by atoms with Crippen LogP contribution < -0.4 is 19.7 Å². The molecule has 3 rings (SSSR count). The second kappa shape index (κ2) is 8.12. The van der Waals surface area contributed by atoms with E-state index in [1.807, 2.05) is 55.5 Å². The quantitative estimate of drug-likeness (QED) is 0.851. The van der Waals surface area contributed by atoms with Crippen molar-refractivity contribution >= 4 is 17.5 Å². The first kappa shape index (κ1) is 18.8. The minimum atomic E-state index is -0.361. The van der Waals surface area contributed by atoms with Gasteiger partial charge in [-0.25, -0.2) is 0 Å². The highest BCUT2D eigenvalue weighted by Crippen LogP contribution is 2.27. The standard InChI is InChI=1S/C21H24N2O4/c1-14(15-4-8-18(26-2)9-5-15)22-21(25)16-12-20(24)23(13-16)17-6-10-19(27-3)11-7-17/h4-11,14,16H,12-13H2,1-3H3,(H,22,25)/t14-,16+/m0/s1. The molecule has 142 valence electrons. The number of carbonyl (C=O) groups is 2. The maximum Gasteiger partial charge on any atom is 0.227 e. The van der Waals surface area contributed by atoms with Crippen molar-refractivity contribution in [1.82, 2.24) is 5.32 Å². The topological polar surface area (TPSA) is 67.9 Å². The summed E-state index contributed by atoms with van der Waals surface area (Å²) in [6.45, 7) is 2.31. The van der Waals surface area contributed by atoms with Crippen LogP contribution >= 0.6 is 0 Å². The van der Waals surface area contributed by atoms with Crippen molar-refractivity contribution < 1.29 is 19.1 Å². The molecule has 0 aromatic heterocycles. The molecule has 6 nitrogen and oxygen atoms in total. The number of hydrogen-bond donors (Lipinski definition) is 1. The Balaban J connectivity index is 1.62. The van der Waals surface area contributed by atoms with Gasteiger partial charge in [0.2, 0.25) is 11.8 Å². The Hall–Kier alpha value is -3.02. The summed E-state index contributed by atoms with van der Waals surface area (Å²) in [5, 5.41) is 3.01. The van der Waals surface area contributed by atoms with Crippen LogP contribution in [-0.4, -0.2) is 32.6 Å². The fourth-order valence-electron chi connectivity index (χ4n) is 3.20. The zero-order valence-corrected chi connectivity index (χ0v) is 15.8. The third kappa shape index (κ3) is 4.22. The van der Waals surface area contributed by atoms with Gasteiger partial charge in [-0.3, -0.25) is 9.59 Å². The van der Waals surface area contributed by atoms with Gasteiger partial charge in [0.25, 0.3) is 0 Å². The average molecular weight is 368 g/mol. The van der Waals surface area contributed by atoms with Gasteiger partial charge in [0, 0.05) is 18.7 Å². The summed E-state index contributed by atoms with van der Waals surface area (Å²) >= 11 is 0. The minimum Gasteiger partial charge on any atom is -0.497 e. The van der Waals surface area contributed by atoms with Crippen molar-refractivity contribution in [2.45, 2.75) is 19.4 Å². The van der Waals surface area contributed by atoms with Gasteiger partial charge < -0.3 is 19.7 Å². The molecule has 1 fully saturated rings. The van der Waals surface area contributed by atoms with Crippen molar-refractivity contribution in [2.24, 2.45) is 5.92 Å². The fourth-order valence-corrected chi connectivity index (χ4v) is 3.20. The number of ether oxygens (including phenoxy) is 2. The van der Waals surface area contributed by atoms with Gasteiger partial charge in [-0.1, -0.05) is 12.1 Å². The summed E-state index contributed by atoms with van der Waals surface area (Å²) in [7, 11) is 3.21. The molecule has 1 N–H and O–H groups in total. The van der Waals surface area contributed by atoms with Gasteiger partial charge in [-0.2, -0.15) is 0 Å². The molecule has 1 saturated heterocycles. The number of anilines is 1. The van der Waals surface area contributed by atoms with Crippen LogP contribution in [-0.2, 0) is 9.59 Å². The molecule has 0 aliphatic carbocycles. The normalized spacial score (nSPS) is 17.5. The first-order valence-corrected chi connectivity index (χ1v) is 8.90. The van der Waals surface area contributed by atoms with Crippen molar-refractivity contribution in [3.63, 3.8) is 0 Å². The summed E-state index contributed by atoms with van der Waals surface area (Å²) in [4.78, 5) is 26.7. The molecule has 1 aliphatic heterocycles. The second-order valence-corrected chi connectivity index (χ2v) is 6.61. The Morgan fingerprint density at radius 1 is 1.04 bits per heavy atom. The summed E-state index contributed by atoms with van der Waals surface area (Å²) in [5.41, 5.74) is 1.76. The van der Waals surface area contributed by atoms with Gasteiger partial charge in [-0.05, 0) is 48.9 Å². The van der Waals surface area contributed by atoms with E-state index < -0.39 is 0 Å². The summed E-state index contributed by atoms with van der Waals surface area (Å²) < 4.78 is 10.3. The number of benzene rings is 2. The lowest BCUT2D eigenvalue weighted by Gasteiger charge is -2.19. The zero-order chi connectivity index (χ0) is 19.4. The average Bonchev–Trinajstić information content (AvgIpc) is 3.10. The maximum absolute atomic E-state index is 12.6. The van der Waals surface area contributed by atoms with E-state index in [4.69, 9.17) is 9.47 Å². The van der Waals surface area contributed by atoms with E-state index >= 15 is 0 Å². The van der Waals surface area contributed by atoms with Crippen LogP contribution in [0.25, 0.3) is 0 Å². The predicted molar refractivity (Wildman–Crippen MR) is 103 cm³/mol. The molecule has 0 saturated carbocycles. The van der Waals surface area contributed by atoms with Crippen LogP contribution in [0, 0.1) is 5.92 Å². The summed E-state index contributed by atoms with van der Waals surface area (Å²) in [6, 6.07) is 14.7. The smallest absolute Gasteiger partial charge is 0.227 e. The van der Waals surface area contributed by atoms with E-state index in [0.717, 1.165) is 22.7 Å². The van der Waals surface area contributed by atoms with Crippen LogP contribution in [0.5, 0.6) is 11.5 Å². The molecular formula is C21H24N2O4. The Morgan fingerprint density at radius 3 is 2.15 bits per heavy atom. The first-order valence-electron chi connectivity index (χ1n) is 8.90. The van der Waals surface area contributed by atoms with Crippen molar-refractivity contribution in [3.05, 3.63) is 54.1 Å². The van der Waals surface area contributed by atoms with Crippen LogP contribution in [0.3, 0.4) is 0 Å². The molecule has 1 aliphatic rings. The zero-order valence-electron chi connectivity index (χ0n) is 15.8. The highest BCUT2D eigenvalue weighted by molar-refractivity contribution is 6.00. The van der Waals surface area contributed by atoms with E-state index in [2.05, 4.69) is 5.32 Å². The highest BCUT2D eigenvalue weighted by Gasteiger charge is 2.35. The molecule has 0 spiro atoms. The Morgan fingerprint density at radius 2 is 1.59 bits per heavy atom. The molecule has 1 heterocycles. The SMILES string of the molecule is COc1ccc([C@H](C)NC(=O)[C@@H]2CC(=O)N(c3ccc(OC)cc3)C2)cc1. The highest BCUT2D eigenvalue weighted by atomic mass is 16.5. The number of nitrogens with zero attached hydrogens (tertiary/aromatic N) is 1. The molecule has 27 heavy (non-hydrogen) atoms.